The molecule has 2 N–H and O–H groups in total. The van der Waals surface area contributed by atoms with Crippen LogP contribution in [-0.4, -0.2) is 22.9 Å². The molecule has 7 nitrogen and oxygen atoms in total. The average molecular weight is 351 g/mol. The quantitative estimate of drug-likeness (QED) is 0.652. The minimum atomic E-state index is -0.541. The molecule has 0 atom stereocenters. The maximum Gasteiger partial charge on any atom is 0.293 e. The van der Waals surface area contributed by atoms with E-state index in [4.69, 9.17) is 0 Å². The Balaban J connectivity index is 2.33. The van der Waals surface area contributed by atoms with Gasteiger partial charge in [-0.3, -0.25) is 14.9 Å². The molecular weight excluding hydrogens is 340 g/mol. The fourth-order valence-electron chi connectivity index (χ4n) is 1.78. The number of nitro benzene ring substituents is 1. The first-order valence-corrected chi connectivity index (χ1v) is 6.70. The number of benzene rings is 1. The minimum absolute atomic E-state index is 0.158. The van der Waals surface area contributed by atoms with E-state index in [1.165, 1.54) is 25.2 Å². The van der Waals surface area contributed by atoms with Gasteiger partial charge in [0.1, 0.15) is 11.5 Å². The highest BCUT2D eigenvalue weighted by atomic mass is 79.9. The van der Waals surface area contributed by atoms with Crippen LogP contribution in [0.15, 0.2) is 41.0 Å². The summed E-state index contributed by atoms with van der Waals surface area (Å²) in [5.74, 6) is -0.116. The third-order valence-electron chi connectivity index (χ3n) is 2.70. The molecule has 0 saturated heterocycles. The van der Waals surface area contributed by atoms with Gasteiger partial charge in [0.05, 0.1) is 10.5 Å². The van der Waals surface area contributed by atoms with Crippen molar-refractivity contribution in [2.75, 3.05) is 17.7 Å². The lowest BCUT2D eigenvalue weighted by Crippen LogP contribution is -2.15. The van der Waals surface area contributed by atoms with Crippen molar-refractivity contribution >= 4 is 39.0 Å². The van der Waals surface area contributed by atoms with Gasteiger partial charge in [-0.15, -0.1) is 0 Å². The number of pyridine rings is 1. The Morgan fingerprint density at radius 2 is 2.10 bits per heavy atom. The van der Waals surface area contributed by atoms with Gasteiger partial charge in [-0.1, -0.05) is 6.07 Å². The SMILES string of the molecule is CNc1c(C(=O)Nc2ccc(Br)cn2)cccc1[N+](=O)[O-]. The minimum Gasteiger partial charge on any atom is -0.382 e. The summed E-state index contributed by atoms with van der Waals surface area (Å²) in [5.41, 5.74) is 0.183. The highest BCUT2D eigenvalue weighted by Gasteiger charge is 2.20. The van der Waals surface area contributed by atoms with Crippen molar-refractivity contribution in [1.82, 2.24) is 4.98 Å². The Morgan fingerprint density at radius 3 is 2.67 bits per heavy atom. The van der Waals surface area contributed by atoms with Gasteiger partial charge in [0.2, 0.25) is 0 Å². The number of hydrogen-bond donors (Lipinski definition) is 2. The van der Waals surface area contributed by atoms with E-state index in [1.807, 2.05) is 0 Å². The Hall–Kier alpha value is -2.48. The van der Waals surface area contributed by atoms with Crippen LogP contribution in [0, 0.1) is 10.1 Å². The van der Waals surface area contributed by atoms with E-state index in [1.54, 1.807) is 18.3 Å². The number of carbonyl (C=O) groups excluding carboxylic acids is 1. The smallest absolute Gasteiger partial charge is 0.293 e. The van der Waals surface area contributed by atoms with Gasteiger partial charge in [0, 0.05) is 23.8 Å². The molecule has 0 saturated carbocycles. The second-order valence-corrected chi connectivity index (χ2v) is 4.94. The molecule has 0 fully saturated rings. The lowest BCUT2D eigenvalue weighted by atomic mass is 10.1. The van der Waals surface area contributed by atoms with Crippen LogP contribution in [0.4, 0.5) is 17.2 Å². The first kappa shape index (κ1) is 14.9. The number of para-hydroxylation sites is 1. The summed E-state index contributed by atoms with van der Waals surface area (Å²) in [6.07, 6.45) is 1.54. The third-order valence-corrected chi connectivity index (χ3v) is 3.17. The predicted octanol–water partition coefficient (Wildman–Crippen LogP) is 3.05. The zero-order valence-corrected chi connectivity index (χ0v) is 12.5. The summed E-state index contributed by atoms with van der Waals surface area (Å²) in [6, 6.07) is 7.66. The molecule has 108 valence electrons. The van der Waals surface area contributed by atoms with Crippen molar-refractivity contribution in [2.24, 2.45) is 0 Å². The summed E-state index contributed by atoms with van der Waals surface area (Å²) in [5, 5.41) is 16.3. The summed E-state index contributed by atoms with van der Waals surface area (Å²) < 4.78 is 0.784. The monoisotopic (exact) mass is 350 g/mol. The number of nitrogens with zero attached hydrogens (tertiary/aromatic N) is 2. The van der Waals surface area contributed by atoms with Gasteiger partial charge in [0.25, 0.3) is 11.6 Å². The van der Waals surface area contributed by atoms with Crippen LogP contribution in [0.2, 0.25) is 0 Å². The number of anilines is 2. The number of nitro groups is 1. The summed E-state index contributed by atoms with van der Waals surface area (Å²) in [4.78, 5) is 26.7. The summed E-state index contributed by atoms with van der Waals surface area (Å²) in [6.45, 7) is 0. The molecule has 0 aliphatic carbocycles. The van der Waals surface area contributed by atoms with E-state index < -0.39 is 10.8 Å². The van der Waals surface area contributed by atoms with E-state index in [2.05, 4.69) is 31.5 Å². The molecule has 0 aliphatic rings. The van der Waals surface area contributed by atoms with Crippen LogP contribution in [0.25, 0.3) is 0 Å². The number of hydrogen-bond acceptors (Lipinski definition) is 5. The fraction of sp³-hybridized carbons (Fsp3) is 0.0769. The number of carbonyl (C=O) groups is 1. The van der Waals surface area contributed by atoms with Gasteiger partial charge in [-0.25, -0.2) is 4.98 Å². The fourth-order valence-corrected chi connectivity index (χ4v) is 2.01. The molecule has 0 spiro atoms. The van der Waals surface area contributed by atoms with Gasteiger partial charge in [-0.05, 0) is 34.1 Å². The molecule has 21 heavy (non-hydrogen) atoms. The van der Waals surface area contributed by atoms with Crippen molar-refractivity contribution < 1.29 is 9.72 Å². The number of nitrogens with one attached hydrogen (secondary N) is 2. The maximum atomic E-state index is 12.2. The second kappa shape index (κ2) is 6.31. The van der Waals surface area contributed by atoms with Crippen LogP contribution in [-0.2, 0) is 0 Å². The number of halogens is 1. The molecule has 1 heterocycles. The lowest BCUT2D eigenvalue weighted by Gasteiger charge is -2.09. The molecule has 0 unspecified atom stereocenters. The van der Waals surface area contributed by atoms with E-state index in [0.29, 0.717) is 5.82 Å². The molecule has 2 aromatic rings. The van der Waals surface area contributed by atoms with Crippen LogP contribution in [0.1, 0.15) is 10.4 Å². The van der Waals surface area contributed by atoms with Crippen LogP contribution in [0.3, 0.4) is 0 Å². The Labute approximate surface area is 128 Å². The van der Waals surface area contributed by atoms with Gasteiger partial charge in [-0.2, -0.15) is 0 Å². The molecule has 1 amide bonds. The molecular formula is C13H11BrN4O3. The average Bonchev–Trinajstić information content (AvgIpc) is 2.48. The second-order valence-electron chi connectivity index (χ2n) is 4.02. The molecule has 0 radical (unpaired) electrons. The van der Waals surface area contributed by atoms with Gasteiger partial charge in [0.15, 0.2) is 0 Å². The molecule has 1 aromatic heterocycles. The van der Waals surface area contributed by atoms with Crippen LogP contribution in [0.5, 0.6) is 0 Å². The predicted molar refractivity (Wildman–Crippen MR) is 82.5 cm³/mol. The number of rotatable bonds is 4. The van der Waals surface area contributed by atoms with Crippen LogP contribution < -0.4 is 10.6 Å². The van der Waals surface area contributed by atoms with Gasteiger partial charge >= 0.3 is 0 Å². The first-order valence-electron chi connectivity index (χ1n) is 5.91. The third kappa shape index (κ3) is 3.34. The van der Waals surface area contributed by atoms with Crippen molar-refractivity contribution in [3.05, 3.63) is 56.7 Å². The highest BCUT2D eigenvalue weighted by Crippen LogP contribution is 2.28. The standard InChI is InChI=1S/C13H11BrN4O3/c1-15-12-9(3-2-4-10(12)18(20)21)13(19)17-11-6-5-8(14)7-16-11/h2-7,15H,1H3,(H,16,17,19). The maximum absolute atomic E-state index is 12.2. The topological polar surface area (TPSA) is 97.2 Å². The number of aromatic nitrogens is 1. The van der Waals surface area contributed by atoms with E-state index >= 15 is 0 Å². The summed E-state index contributed by atoms with van der Waals surface area (Å²) >= 11 is 3.24. The molecule has 0 aliphatic heterocycles. The van der Waals surface area contributed by atoms with Crippen molar-refractivity contribution in [1.29, 1.82) is 0 Å². The van der Waals surface area contributed by atoms with E-state index in [0.717, 1.165) is 4.47 Å². The Kier molecular flexibility index (Phi) is 4.49. The normalized spacial score (nSPS) is 10.0. The van der Waals surface area contributed by atoms with Crippen molar-refractivity contribution in [3.63, 3.8) is 0 Å². The zero-order valence-electron chi connectivity index (χ0n) is 11.0. The molecule has 0 bridgehead atoms. The zero-order chi connectivity index (χ0) is 15.4. The Bertz CT molecular complexity index is 688. The van der Waals surface area contributed by atoms with Crippen molar-refractivity contribution in [3.8, 4) is 0 Å². The Morgan fingerprint density at radius 1 is 1.33 bits per heavy atom. The van der Waals surface area contributed by atoms with Crippen LogP contribution >= 0.6 is 15.9 Å². The molecule has 1 aromatic carbocycles. The largest absolute Gasteiger partial charge is 0.382 e. The molecule has 2 rings (SSSR count). The number of amides is 1. The van der Waals surface area contributed by atoms with Gasteiger partial charge < -0.3 is 10.6 Å². The van der Waals surface area contributed by atoms with E-state index in [9.17, 15) is 14.9 Å². The molecule has 8 heteroatoms. The van der Waals surface area contributed by atoms with E-state index in [-0.39, 0.29) is 16.9 Å². The lowest BCUT2D eigenvalue weighted by molar-refractivity contribution is -0.384. The van der Waals surface area contributed by atoms with Crippen molar-refractivity contribution in [2.45, 2.75) is 0 Å². The highest BCUT2D eigenvalue weighted by molar-refractivity contribution is 9.10. The summed E-state index contributed by atoms with van der Waals surface area (Å²) in [7, 11) is 1.52. The first-order chi connectivity index (χ1) is 10.0.